The molecular formula is C12H17BrN2O2S. The van der Waals surface area contributed by atoms with E-state index in [0.717, 1.165) is 22.9 Å². The summed E-state index contributed by atoms with van der Waals surface area (Å²) in [4.78, 5) is 0.372. The largest absolute Gasteiger partial charge is 0.329 e. The number of nitrogens with two attached hydrogens (primary N) is 1. The van der Waals surface area contributed by atoms with Crippen molar-refractivity contribution in [2.24, 2.45) is 5.73 Å². The molecule has 1 fully saturated rings. The average molecular weight is 333 g/mol. The van der Waals surface area contributed by atoms with Crippen LogP contribution >= 0.6 is 15.9 Å². The Morgan fingerprint density at radius 1 is 1.50 bits per heavy atom. The zero-order valence-corrected chi connectivity index (χ0v) is 12.7. The van der Waals surface area contributed by atoms with Crippen molar-refractivity contribution in [2.45, 2.75) is 30.7 Å². The summed E-state index contributed by atoms with van der Waals surface area (Å²) in [6.07, 6.45) is 1.73. The summed E-state index contributed by atoms with van der Waals surface area (Å²) in [5, 5.41) is 0. The summed E-state index contributed by atoms with van der Waals surface area (Å²) in [5.74, 6) is 0. The normalized spacial score (nSPS) is 21.4. The van der Waals surface area contributed by atoms with Crippen molar-refractivity contribution in [1.29, 1.82) is 0 Å². The Morgan fingerprint density at radius 3 is 2.89 bits per heavy atom. The molecular weight excluding hydrogens is 316 g/mol. The maximum atomic E-state index is 12.6. The van der Waals surface area contributed by atoms with Crippen LogP contribution in [-0.4, -0.2) is 31.9 Å². The van der Waals surface area contributed by atoms with Gasteiger partial charge in [-0.2, -0.15) is 4.31 Å². The van der Waals surface area contributed by atoms with Crippen LogP contribution in [0, 0.1) is 6.92 Å². The van der Waals surface area contributed by atoms with E-state index in [9.17, 15) is 8.42 Å². The number of hydrogen-bond acceptors (Lipinski definition) is 3. The van der Waals surface area contributed by atoms with Crippen LogP contribution in [0.15, 0.2) is 27.6 Å². The van der Waals surface area contributed by atoms with Gasteiger partial charge in [-0.05, 0) is 37.5 Å². The Bertz CT molecular complexity index is 545. The van der Waals surface area contributed by atoms with E-state index in [0.29, 0.717) is 18.0 Å². The maximum Gasteiger partial charge on any atom is 0.243 e. The van der Waals surface area contributed by atoms with E-state index in [1.165, 1.54) is 0 Å². The predicted octanol–water partition coefficient (Wildman–Crippen LogP) is 1.87. The molecule has 1 atom stereocenters. The molecule has 2 N–H and O–H groups in total. The highest BCUT2D eigenvalue weighted by Crippen LogP contribution is 2.30. The van der Waals surface area contributed by atoms with Crippen molar-refractivity contribution in [3.05, 3.63) is 28.2 Å². The molecule has 6 heteroatoms. The standard InChI is InChI=1S/C12H17BrN2O2S/c1-9-11(13)5-2-6-12(9)18(16,17)15-7-3-4-10(15)8-14/h2,5-6,10H,3-4,7-8,14H2,1H3/t10-/m0/s1. The van der Waals surface area contributed by atoms with Gasteiger partial charge in [-0.15, -0.1) is 0 Å². The van der Waals surface area contributed by atoms with Crippen LogP contribution in [0.1, 0.15) is 18.4 Å². The van der Waals surface area contributed by atoms with Crippen molar-refractivity contribution in [3.8, 4) is 0 Å². The van der Waals surface area contributed by atoms with Gasteiger partial charge in [0.2, 0.25) is 10.0 Å². The zero-order valence-electron chi connectivity index (χ0n) is 10.3. The molecule has 1 aromatic rings. The minimum atomic E-state index is -3.43. The number of rotatable bonds is 3. The third-order valence-electron chi connectivity index (χ3n) is 3.40. The highest BCUT2D eigenvalue weighted by molar-refractivity contribution is 9.10. The minimum absolute atomic E-state index is 0.0617. The molecule has 0 unspecified atom stereocenters. The first kappa shape index (κ1) is 14.0. The summed E-state index contributed by atoms with van der Waals surface area (Å²) < 4.78 is 27.6. The Balaban J connectivity index is 2.45. The van der Waals surface area contributed by atoms with E-state index < -0.39 is 10.0 Å². The van der Waals surface area contributed by atoms with Crippen molar-refractivity contribution >= 4 is 26.0 Å². The Hall–Kier alpha value is -0.430. The van der Waals surface area contributed by atoms with Crippen LogP contribution in [0.2, 0.25) is 0 Å². The van der Waals surface area contributed by atoms with Crippen molar-refractivity contribution in [3.63, 3.8) is 0 Å². The molecule has 0 aromatic heterocycles. The lowest BCUT2D eigenvalue weighted by Gasteiger charge is -2.23. The first-order chi connectivity index (χ1) is 8.48. The van der Waals surface area contributed by atoms with Gasteiger partial charge in [0, 0.05) is 23.6 Å². The number of nitrogens with zero attached hydrogens (tertiary/aromatic N) is 1. The number of hydrogen-bond donors (Lipinski definition) is 1. The topological polar surface area (TPSA) is 63.4 Å². The quantitative estimate of drug-likeness (QED) is 0.918. The van der Waals surface area contributed by atoms with E-state index >= 15 is 0 Å². The van der Waals surface area contributed by atoms with E-state index in [4.69, 9.17) is 5.73 Å². The van der Waals surface area contributed by atoms with Gasteiger partial charge in [0.15, 0.2) is 0 Å². The third-order valence-corrected chi connectivity index (χ3v) is 6.36. The zero-order chi connectivity index (χ0) is 13.3. The second kappa shape index (κ2) is 5.28. The third kappa shape index (κ3) is 2.34. The molecule has 0 saturated carbocycles. The second-order valence-corrected chi connectivity index (χ2v) is 7.22. The molecule has 1 heterocycles. The Morgan fingerprint density at radius 2 is 2.22 bits per heavy atom. The van der Waals surface area contributed by atoms with Gasteiger partial charge in [-0.3, -0.25) is 0 Å². The first-order valence-electron chi connectivity index (χ1n) is 5.95. The molecule has 1 aromatic carbocycles. The van der Waals surface area contributed by atoms with Crippen LogP contribution < -0.4 is 5.73 Å². The molecule has 0 amide bonds. The van der Waals surface area contributed by atoms with Crippen molar-refractivity contribution in [2.75, 3.05) is 13.1 Å². The Kier molecular flexibility index (Phi) is 4.11. The molecule has 4 nitrogen and oxygen atoms in total. The molecule has 1 saturated heterocycles. The van der Waals surface area contributed by atoms with E-state index in [-0.39, 0.29) is 6.04 Å². The monoisotopic (exact) mass is 332 g/mol. The lowest BCUT2D eigenvalue weighted by atomic mass is 10.2. The summed E-state index contributed by atoms with van der Waals surface area (Å²) in [6.45, 7) is 2.76. The molecule has 2 rings (SSSR count). The second-order valence-electron chi connectivity index (χ2n) is 4.51. The molecule has 0 radical (unpaired) electrons. The number of sulfonamides is 1. The van der Waals surface area contributed by atoms with Gasteiger partial charge >= 0.3 is 0 Å². The van der Waals surface area contributed by atoms with Gasteiger partial charge in [0.25, 0.3) is 0 Å². The summed E-state index contributed by atoms with van der Waals surface area (Å²) in [7, 11) is -3.43. The molecule has 1 aliphatic heterocycles. The molecule has 1 aliphatic rings. The maximum absolute atomic E-state index is 12.6. The van der Waals surface area contributed by atoms with Crippen LogP contribution in [0.5, 0.6) is 0 Å². The number of benzene rings is 1. The first-order valence-corrected chi connectivity index (χ1v) is 8.19. The van der Waals surface area contributed by atoms with Gasteiger partial charge in [0.1, 0.15) is 0 Å². The minimum Gasteiger partial charge on any atom is -0.329 e. The van der Waals surface area contributed by atoms with E-state index in [1.54, 1.807) is 16.4 Å². The highest BCUT2D eigenvalue weighted by atomic mass is 79.9. The smallest absolute Gasteiger partial charge is 0.243 e. The highest BCUT2D eigenvalue weighted by Gasteiger charge is 2.35. The van der Waals surface area contributed by atoms with Crippen LogP contribution in [0.3, 0.4) is 0 Å². The molecule has 0 spiro atoms. The predicted molar refractivity (Wildman–Crippen MR) is 74.8 cm³/mol. The van der Waals surface area contributed by atoms with Gasteiger partial charge in [0.05, 0.1) is 4.90 Å². The fourth-order valence-electron chi connectivity index (χ4n) is 2.35. The lowest BCUT2D eigenvalue weighted by molar-refractivity contribution is 0.393. The van der Waals surface area contributed by atoms with Crippen LogP contribution in [0.4, 0.5) is 0 Å². The average Bonchev–Trinajstić information content (AvgIpc) is 2.81. The van der Waals surface area contributed by atoms with Crippen LogP contribution in [0.25, 0.3) is 0 Å². The SMILES string of the molecule is Cc1c(Br)cccc1S(=O)(=O)N1CCC[C@H]1CN. The Labute approximate surface area is 116 Å². The van der Waals surface area contributed by atoms with Crippen molar-refractivity contribution < 1.29 is 8.42 Å². The fourth-order valence-corrected chi connectivity index (χ4v) is 4.81. The number of halogens is 1. The van der Waals surface area contributed by atoms with Gasteiger partial charge in [-0.1, -0.05) is 22.0 Å². The summed E-state index contributed by atoms with van der Waals surface area (Å²) in [6, 6.07) is 5.19. The van der Waals surface area contributed by atoms with Gasteiger partial charge < -0.3 is 5.73 Å². The molecule has 0 aliphatic carbocycles. The van der Waals surface area contributed by atoms with E-state index in [1.807, 2.05) is 13.0 Å². The molecule has 100 valence electrons. The summed E-state index contributed by atoms with van der Waals surface area (Å²) >= 11 is 3.37. The van der Waals surface area contributed by atoms with E-state index in [2.05, 4.69) is 15.9 Å². The van der Waals surface area contributed by atoms with Crippen LogP contribution in [-0.2, 0) is 10.0 Å². The lowest BCUT2D eigenvalue weighted by Crippen LogP contribution is -2.40. The van der Waals surface area contributed by atoms with Crippen molar-refractivity contribution in [1.82, 2.24) is 4.31 Å². The fraction of sp³-hybridized carbons (Fsp3) is 0.500. The molecule has 0 bridgehead atoms. The molecule has 18 heavy (non-hydrogen) atoms. The van der Waals surface area contributed by atoms with Gasteiger partial charge in [-0.25, -0.2) is 8.42 Å². The summed E-state index contributed by atoms with van der Waals surface area (Å²) in [5.41, 5.74) is 6.40.